The molecular weight excluding hydrogens is 302 g/mol. The molecular formula is C12H16BrNO4. The van der Waals surface area contributed by atoms with Crippen LogP contribution in [0.2, 0.25) is 0 Å². The molecule has 0 saturated heterocycles. The number of rotatable bonds is 6. The van der Waals surface area contributed by atoms with Gasteiger partial charge in [-0.1, -0.05) is 0 Å². The van der Waals surface area contributed by atoms with Crippen LogP contribution in [-0.4, -0.2) is 26.3 Å². The van der Waals surface area contributed by atoms with Crippen LogP contribution < -0.4 is 15.2 Å². The highest BCUT2D eigenvalue weighted by Gasteiger charge is 2.13. The molecule has 0 aliphatic rings. The Labute approximate surface area is 114 Å². The minimum absolute atomic E-state index is 0.162. The summed E-state index contributed by atoms with van der Waals surface area (Å²) >= 11 is 3.36. The zero-order valence-corrected chi connectivity index (χ0v) is 12.0. The van der Waals surface area contributed by atoms with Crippen molar-refractivity contribution in [3.63, 3.8) is 0 Å². The van der Waals surface area contributed by atoms with Crippen LogP contribution in [0.4, 0.5) is 0 Å². The van der Waals surface area contributed by atoms with Crippen molar-refractivity contribution < 1.29 is 19.0 Å². The molecule has 6 heteroatoms. The van der Waals surface area contributed by atoms with Crippen molar-refractivity contribution in [2.24, 2.45) is 5.73 Å². The van der Waals surface area contributed by atoms with Gasteiger partial charge in [-0.15, -0.1) is 0 Å². The maximum Gasteiger partial charge on any atom is 0.344 e. The predicted octanol–water partition coefficient (Wildman–Crippen LogP) is 1.86. The number of methoxy groups -OCH3 is 1. The summed E-state index contributed by atoms with van der Waals surface area (Å²) in [7, 11) is 1.53. The van der Waals surface area contributed by atoms with Gasteiger partial charge in [0.25, 0.3) is 0 Å². The lowest BCUT2D eigenvalue weighted by molar-refractivity contribution is -0.145. The summed E-state index contributed by atoms with van der Waals surface area (Å²) in [4.78, 5) is 11.2. The summed E-state index contributed by atoms with van der Waals surface area (Å²) in [6.07, 6.45) is 0. The Hall–Kier alpha value is -1.27. The molecule has 0 heterocycles. The van der Waals surface area contributed by atoms with Gasteiger partial charge in [-0.05, 0) is 40.5 Å². The molecule has 2 N–H and O–H groups in total. The average molecular weight is 318 g/mol. The summed E-state index contributed by atoms with van der Waals surface area (Å²) < 4.78 is 16.1. The first-order valence-corrected chi connectivity index (χ1v) is 6.26. The van der Waals surface area contributed by atoms with Crippen molar-refractivity contribution in [3.05, 3.63) is 22.2 Å². The average Bonchev–Trinajstić information content (AvgIpc) is 2.36. The zero-order valence-electron chi connectivity index (χ0n) is 10.4. The second-order valence-corrected chi connectivity index (χ2v) is 4.26. The van der Waals surface area contributed by atoms with Gasteiger partial charge in [0, 0.05) is 6.54 Å². The van der Waals surface area contributed by atoms with Crippen LogP contribution in [0.1, 0.15) is 12.5 Å². The Morgan fingerprint density at radius 1 is 1.44 bits per heavy atom. The number of hydrogen-bond acceptors (Lipinski definition) is 5. The highest BCUT2D eigenvalue weighted by molar-refractivity contribution is 9.10. The zero-order chi connectivity index (χ0) is 13.5. The number of halogens is 1. The van der Waals surface area contributed by atoms with Crippen LogP contribution in [0, 0.1) is 0 Å². The fraction of sp³-hybridized carbons (Fsp3) is 0.417. The highest BCUT2D eigenvalue weighted by atomic mass is 79.9. The smallest absolute Gasteiger partial charge is 0.344 e. The first-order chi connectivity index (χ1) is 8.62. The Morgan fingerprint density at radius 3 is 2.72 bits per heavy atom. The van der Waals surface area contributed by atoms with Gasteiger partial charge in [0.05, 0.1) is 18.2 Å². The van der Waals surface area contributed by atoms with Gasteiger partial charge in [-0.25, -0.2) is 4.79 Å². The predicted molar refractivity (Wildman–Crippen MR) is 70.7 cm³/mol. The number of esters is 1. The van der Waals surface area contributed by atoms with E-state index in [4.69, 9.17) is 19.9 Å². The molecule has 0 aliphatic carbocycles. The van der Waals surface area contributed by atoms with Gasteiger partial charge in [0.15, 0.2) is 18.1 Å². The van der Waals surface area contributed by atoms with E-state index in [2.05, 4.69) is 15.9 Å². The molecule has 100 valence electrons. The van der Waals surface area contributed by atoms with Crippen LogP contribution in [0.3, 0.4) is 0 Å². The van der Waals surface area contributed by atoms with E-state index in [1.807, 2.05) is 6.07 Å². The third kappa shape index (κ3) is 3.89. The normalized spacial score (nSPS) is 10.0. The fourth-order valence-corrected chi connectivity index (χ4v) is 1.97. The van der Waals surface area contributed by atoms with Gasteiger partial charge < -0.3 is 19.9 Å². The van der Waals surface area contributed by atoms with Gasteiger partial charge in [0.1, 0.15) is 0 Å². The second-order valence-electron chi connectivity index (χ2n) is 3.41. The molecule has 1 rings (SSSR count). The van der Waals surface area contributed by atoms with Gasteiger partial charge in [-0.2, -0.15) is 0 Å². The van der Waals surface area contributed by atoms with Crippen molar-refractivity contribution in [1.82, 2.24) is 0 Å². The number of benzene rings is 1. The van der Waals surface area contributed by atoms with Crippen molar-refractivity contribution in [3.8, 4) is 11.5 Å². The van der Waals surface area contributed by atoms with E-state index in [1.54, 1.807) is 13.0 Å². The molecule has 0 atom stereocenters. The Bertz CT molecular complexity index is 423. The largest absolute Gasteiger partial charge is 0.493 e. The third-order valence-corrected chi connectivity index (χ3v) is 2.75. The van der Waals surface area contributed by atoms with Crippen molar-refractivity contribution in [1.29, 1.82) is 0 Å². The second kappa shape index (κ2) is 7.23. The monoisotopic (exact) mass is 317 g/mol. The van der Waals surface area contributed by atoms with Gasteiger partial charge >= 0.3 is 5.97 Å². The molecule has 0 amide bonds. The minimum Gasteiger partial charge on any atom is -0.493 e. The molecule has 0 saturated carbocycles. The fourth-order valence-electron chi connectivity index (χ4n) is 1.36. The Balaban J connectivity index is 2.84. The van der Waals surface area contributed by atoms with Crippen molar-refractivity contribution in [2.75, 3.05) is 20.3 Å². The Morgan fingerprint density at radius 2 is 2.17 bits per heavy atom. The molecule has 0 bridgehead atoms. The van der Waals surface area contributed by atoms with Crippen LogP contribution in [0.15, 0.2) is 16.6 Å². The lowest BCUT2D eigenvalue weighted by Crippen LogP contribution is -2.15. The first kappa shape index (κ1) is 14.8. The molecule has 0 radical (unpaired) electrons. The number of ether oxygens (including phenoxy) is 3. The standard InChI is InChI=1S/C12H16BrNO4/c1-3-17-11(15)7-18-12-9(13)4-8(6-14)5-10(12)16-2/h4-5H,3,6-7,14H2,1-2H3. The minimum atomic E-state index is -0.422. The van der Waals surface area contributed by atoms with E-state index >= 15 is 0 Å². The summed E-state index contributed by atoms with van der Waals surface area (Å²) in [5.74, 6) is 0.561. The topological polar surface area (TPSA) is 70.8 Å². The molecule has 5 nitrogen and oxygen atoms in total. The summed E-state index contributed by atoms with van der Waals surface area (Å²) in [6, 6.07) is 3.59. The van der Waals surface area contributed by atoms with Gasteiger partial charge in [-0.3, -0.25) is 0 Å². The van der Waals surface area contributed by atoms with Crippen molar-refractivity contribution in [2.45, 2.75) is 13.5 Å². The number of carbonyl (C=O) groups is 1. The molecule has 0 aromatic heterocycles. The maximum atomic E-state index is 11.2. The van der Waals surface area contributed by atoms with E-state index < -0.39 is 5.97 Å². The summed E-state index contributed by atoms with van der Waals surface area (Å²) in [5.41, 5.74) is 6.47. The van der Waals surface area contributed by atoms with E-state index in [0.29, 0.717) is 29.1 Å². The lowest BCUT2D eigenvalue weighted by atomic mass is 10.2. The summed E-state index contributed by atoms with van der Waals surface area (Å²) in [6.45, 7) is 2.30. The molecule has 0 unspecified atom stereocenters. The maximum absolute atomic E-state index is 11.2. The summed E-state index contributed by atoms with van der Waals surface area (Å²) in [5, 5.41) is 0. The number of nitrogens with two attached hydrogens (primary N) is 1. The van der Waals surface area contributed by atoms with E-state index in [9.17, 15) is 4.79 Å². The molecule has 0 spiro atoms. The van der Waals surface area contributed by atoms with Crippen LogP contribution in [-0.2, 0) is 16.1 Å². The molecule has 0 fully saturated rings. The number of hydrogen-bond donors (Lipinski definition) is 1. The van der Waals surface area contributed by atoms with Crippen LogP contribution in [0.25, 0.3) is 0 Å². The molecule has 1 aromatic carbocycles. The van der Waals surface area contributed by atoms with Gasteiger partial charge in [0.2, 0.25) is 0 Å². The first-order valence-electron chi connectivity index (χ1n) is 5.47. The van der Waals surface area contributed by atoms with E-state index in [1.165, 1.54) is 7.11 Å². The van der Waals surface area contributed by atoms with Crippen LogP contribution >= 0.6 is 15.9 Å². The number of carbonyl (C=O) groups excluding carboxylic acids is 1. The molecule has 0 aliphatic heterocycles. The SMILES string of the molecule is CCOC(=O)COc1c(Br)cc(CN)cc1OC. The molecule has 1 aromatic rings. The molecule has 18 heavy (non-hydrogen) atoms. The van der Waals surface area contributed by atoms with E-state index in [-0.39, 0.29) is 6.61 Å². The van der Waals surface area contributed by atoms with Crippen molar-refractivity contribution >= 4 is 21.9 Å². The van der Waals surface area contributed by atoms with E-state index in [0.717, 1.165) is 5.56 Å². The quantitative estimate of drug-likeness (QED) is 0.811. The Kier molecular flexibility index (Phi) is 5.94. The third-order valence-electron chi connectivity index (χ3n) is 2.16. The van der Waals surface area contributed by atoms with Crippen LogP contribution in [0.5, 0.6) is 11.5 Å². The lowest BCUT2D eigenvalue weighted by Gasteiger charge is -2.13. The highest BCUT2D eigenvalue weighted by Crippen LogP contribution is 2.36.